The van der Waals surface area contributed by atoms with Crippen LogP contribution in [-0.4, -0.2) is 51.1 Å². The zero-order valence-corrected chi connectivity index (χ0v) is 19.2. The molecule has 0 amide bonds. The third kappa shape index (κ3) is 3.74. The number of methoxy groups -OCH3 is 1. The molecule has 0 spiro atoms. The second-order valence-corrected chi connectivity index (χ2v) is 9.12. The lowest BCUT2D eigenvalue weighted by atomic mass is 10.0. The van der Waals surface area contributed by atoms with Gasteiger partial charge in [-0.2, -0.15) is 5.10 Å². The number of alkyl halides is 1. The Hall–Kier alpha value is -3.63. The third-order valence-corrected chi connectivity index (χ3v) is 6.97. The van der Waals surface area contributed by atoms with E-state index in [4.69, 9.17) is 4.74 Å². The van der Waals surface area contributed by atoms with Crippen molar-refractivity contribution in [3.63, 3.8) is 0 Å². The molecule has 1 saturated heterocycles. The molecule has 6 rings (SSSR count). The lowest BCUT2D eigenvalue weighted by molar-refractivity contribution is 0.173. The van der Waals surface area contributed by atoms with Crippen molar-refractivity contribution in [1.29, 1.82) is 0 Å². The molecular formula is C24H22FN7OS. The molecule has 172 valence electrons. The molecule has 0 bridgehead atoms. The molecule has 0 aliphatic carbocycles. The lowest BCUT2D eigenvalue weighted by Crippen LogP contribution is -2.39. The Balaban J connectivity index is 1.40. The number of fused-ring (bicyclic) bond motifs is 2. The van der Waals surface area contributed by atoms with Gasteiger partial charge < -0.3 is 15.4 Å². The molecule has 1 aliphatic heterocycles. The van der Waals surface area contributed by atoms with E-state index in [0.29, 0.717) is 24.5 Å². The second kappa shape index (κ2) is 8.62. The van der Waals surface area contributed by atoms with Gasteiger partial charge in [0.15, 0.2) is 0 Å². The molecule has 1 unspecified atom stereocenters. The quantitative estimate of drug-likeness (QED) is 0.380. The number of piperidine rings is 1. The summed E-state index contributed by atoms with van der Waals surface area (Å²) < 4.78 is 23.0. The molecule has 1 aliphatic rings. The molecule has 10 heteroatoms. The summed E-state index contributed by atoms with van der Waals surface area (Å²) in [5.41, 5.74) is 6.18. The van der Waals surface area contributed by atoms with Crippen molar-refractivity contribution >= 4 is 44.0 Å². The first kappa shape index (κ1) is 20.9. The number of aromatic nitrogens is 5. The minimum absolute atomic E-state index is 0.274. The van der Waals surface area contributed by atoms with Gasteiger partial charge in [-0.1, -0.05) is 0 Å². The first-order valence-corrected chi connectivity index (χ1v) is 11.9. The molecule has 2 atom stereocenters. The van der Waals surface area contributed by atoms with Crippen molar-refractivity contribution < 1.29 is 9.13 Å². The van der Waals surface area contributed by atoms with Crippen LogP contribution in [0.2, 0.25) is 0 Å². The maximum Gasteiger partial charge on any atom is 0.141 e. The maximum atomic E-state index is 14.5. The molecule has 2 aromatic carbocycles. The fraction of sp³-hybridized carbons (Fsp3) is 0.250. The number of anilines is 2. The number of hydrogen-bond donors (Lipinski definition) is 2. The molecule has 34 heavy (non-hydrogen) atoms. The van der Waals surface area contributed by atoms with E-state index in [1.54, 1.807) is 29.3 Å². The third-order valence-electron chi connectivity index (χ3n) is 6.18. The number of halogens is 1. The van der Waals surface area contributed by atoms with Crippen LogP contribution in [0.5, 0.6) is 5.75 Å². The van der Waals surface area contributed by atoms with E-state index in [-0.39, 0.29) is 6.04 Å². The number of hydrogen-bond acceptors (Lipinski definition) is 8. The highest BCUT2D eigenvalue weighted by molar-refractivity contribution is 7.16. The Morgan fingerprint density at radius 2 is 2.12 bits per heavy atom. The average molecular weight is 476 g/mol. The number of nitrogens with zero attached hydrogens (tertiary/aromatic N) is 5. The smallest absolute Gasteiger partial charge is 0.141 e. The molecule has 5 aromatic rings. The van der Waals surface area contributed by atoms with Gasteiger partial charge in [-0.15, -0.1) is 11.3 Å². The van der Waals surface area contributed by atoms with Crippen LogP contribution in [0.15, 0.2) is 54.6 Å². The summed E-state index contributed by atoms with van der Waals surface area (Å²) in [4.78, 5) is 13.3. The van der Waals surface area contributed by atoms with Crippen molar-refractivity contribution in [2.45, 2.75) is 18.6 Å². The Morgan fingerprint density at radius 3 is 3.00 bits per heavy atom. The van der Waals surface area contributed by atoms with Gasteiger partial charge in [-0.25, -0.2) is 19.3 Å². The normalized spacial score (nSPS) is 18.4. The van der Waals surface area contributed by atoms with Crippen molar-refractivity contribution in [2.75, 3.05) is 25.5 Å². The highest BCUT2D eigenvalue weighted by Crippen LogP contribution is 2.37. The number of thiazole rings is 1. The van der Waals surface area contributed by atoms with Crippen LogP contribution in [0, 0.1) is 0 Å². The SMILES string of the molecule is COc1cc2ncnc(Nc3ccc4ncsc4c3)c2cc1-c1cnn(C2CCNC[C@H]2F)c1. The minimum Gasteiger partial charge on any atom is -0.496 e. The molecule has 0 radical (unpaired) electrons. The summed E-state index contributed by atoms with van der Waals surface area (Å²) in [6.07, 6.45) is 4.91. The summed E-state index contributed by atoms with van der Waals surface area (Å²) in [7, 11) is 1.63. The van der Waals surface area contributed by atoms with Crippen LogP contribution in [0.3, 0.4) is 0 Å². The Kier molecular flexibility index (Phi) is 5.31. The van der Waals surface area contributed by atoms with E-state index < -0.39 is 6.17 Å². The van der Waals surface area contributed by atoms with Gasteiger partial charge in [0.05, 0.1) is 40.6 Å². The second-order valence-electron chi connectivity index (χ2n) is 8.24. The minimum atomic E-state index is -0.972. The molecule has 1 fully saturated rings. The van der Waals surface area contributed by atoms with Gasteiger partial charge in [-0.3, -0.25) is 4.68 Å². The van der Waals surface area contributed by atoms with Crippen LogP contribution in [0.1, 0.15) is 12.5 Å². The van der Waals surface area contributed by atoms with Crippen LogP contribution >= 0.6 is 11.3 Å². The largest absolute Gasteiger partial charge is 0.496 e. The van der Waals surface area contributed by atoms with Crippen LogP contribution in [0.4, 0.5) is 15.9 Å². The van der Waals surface area contributed by atoms with Gasteiger partial charge >= 0.3 is 0 Å². The van der Waals surface area contributed by atoms with E-state index in [1.165, 1.54) is 6.33 Å². The number of benzene rings is 2. The zero-order valence-electron chi connectivity index (χ0n) is 18.4. The molecule has 8 nitrogen and oxygen atoms in total. The van der Waals surface area contributed by atoms with E-state index in [2.05, 4.69) is 36.8 Å². The van der Waals surface area contributed by atoms with Gasteiger partial charge in [-0.05, 0) is 37.2 Å². The molecule has 3 aromatic heterocycles. The van der Waals surface area contributed by atoms with E-state index in [1.807, 2.05) is 36.0 Å². The van der Waals surface area contributed by atoms with Crippen molar-refractivity contribution in [3.05, 3.63) is 54.6 Å². The Labute approximate surface area is 198 Å². The lowest BCUT2D eigenvalue weighted by Gasteiger charge is -2.26. The van der Waals surface area contributed by atoms with Crippen LogP contribution in [-0.2, 0) is 0 Å². The van der Waals surface area contributed by atoms with E-state index in [0.717, 1.165) is 44.5 Å². The summed E-state index contributed by atoms with van der Waals surface area (Å²) in [5, 5.41) is 11.8. The fourth-order valence-electron chi connectivity index (χ4n) is 4.41. The van der Waals surface area contributed by atoms with Crippen molar-refractivity contribution in [3.8, 4) is 16.9 Å². The van der Waals surface area contributed by atoms with Crippen LogP contribution < -0.4 is 15.4 Å². The van der Waals surface area contributed by atoms with Crippen molar-refractivity contribution in [1.82, 2.24) is 30.0 Å². The number of ether oxygens (including phenoxy) is 1. The highest BCUT2D eigenvalue weighted by Gasteiger charge is 2.27. The summed E-state index contributed by atoms with van der Waals surface area (Å²) in [6, 6.07) is 9.64. The predicted molar refractivity (Wildman–Crippen MR) is 132 cm³/mol. The van der Waals surface area contributed by atoms with Crippen molar-refractivity contribution in [2.24, 2.45) is 0 Å². The summed E-state index contributed by atoms with van der Waals surface area (Å²) >= 11 is 1.59. The average Bonchev–Trinajstić information content (AvgIpc) is 3.53. The first-order valence-electron chi connectivity index (χ1n) is 11.0. The Morgan fingerprint density at radius 1 is 1.18 bits per heavy atom. The number of nitrogens with one attached hydrogen (secondary N) is 2. The monoisotopic (exact) mass is 475 g/mol. The van der Waals surface area contributed by atoms with E-state index >= 15 is 0 Å². The van der Waals surface area contributed by atoms with Gasteiger partial charge in [0, 0.05) is 41.0 Å². The Bertz CT molecular complexity index is 1480. The first-order chi connectivity index (χ1) is 16.7. The van der Waals surface area contributed by atoms with Crippen LogP contribution in [0.25, 0.3) is 32.2 Å². The standard InChI is InChI=1S/C24H22FN7OS/c1-33-22-8-20-17(7-16(22)14-9-30-32(11-14)21-4-5-26-10-18(21)25)24(28-12-27-20)31-15-2-3-19-23(6-15)34-13-29-19/h2-3,6-9,11-13,18,21,26H,4-5,10H2,1H3,(H,27,28,31)/t18-,21?/m1/s1. The van der Waals surface area contributed by atoms with Gasteiger partial charge in [0.2, 0.25) is 0 Å². The molecule has 0 saturated carbocycles. The predicted octanol–water partition coefficient (Wildman–Crippen LogP) is 4.73. The summed E-state index contributed by atoms with van der Waals surface area (Å²) in [5.74, 6) is 1.36. The number of rotatable bonds is 5. The molecular weight excluding hydrogens is 453 g/mol. The van der Waals surface area contributed by atoms with Gasteiger partial charge in [0.25, 0.3) is 0 Å². The zero-order chi connectivity index (χ0) is 23.1. The molecule has 4 heterocycles. The van der Waals surface area contributed by atoms with Gasteiger partial charge in [0.1, 0.15) is 24.1 Å². The summed E-state index contributed by atoms with van der Waals surface area (Å²) in [6.45, 7) is 1.12. The fourth-order valence-corrected chi connectivity index (χ4v) is 5.13. The highest BCUT2D eigenvalue weighted by atomic mass is 32.1. The maximum absolute atomic E-state index is 14.5. The topological polar surface area (TPSA) is 89.8 Å². The van der Waals surface area contributed by atoms with E-state index in [9.17, 15) is 4.39 Å². The molecule has 2 N–H and O–H groups in total.